The SMILES string of the molecule is CC=CC=CCC1=NNC(C)(c2ccc([N+](=O)[O-])cc2)S1. The van der Waals surface area contributed by atoms with Gasteiger partial charge in [-0.3, -0.25) is 15.5 Å². The van der Waals surface area contributed by atoms with Gasteiger partial charge in [-0.05, 0) is 31.5 Å². The van der Waals surface area contributed by atoms with E-state index in [2.05, 4.69) is 16.6 Å². The maximum atomic E-state index is 10.7. The molecule has 0 radical (unpaired) electrons. The minimum atomic E-state index is -0.394. The van der Waals surface area contributed by atoms with E-state index in [-0.39, 0.29) is 10.6 Å². The molecule has 2 rings (SSSR count). The molecule has 1 heterocycles. The smallest absolute Gasteiger partial charge is 0.269 e. The lowest BCUT2D eigenvalue weighted by atomic mass is 10.1. The van der Waals surface area contributed by atoms with Gasteiger partial charge in [0.15, 0.2) is 0 Å². The summed E-state index contributed by atoms with van der Waals surface area (Å²) in [5.41, 5.74) is 4.18. The van der Waals surface area contributed by atoms with Gasteiger partial charge in [-0.1, -0.05) is 36.1 Å². The number of nitro benzene ring substituents is 1. The van der Waals surface area contributed by atoms with Gasteiger partial charge in [-0.15, -0.1) is 0 Å². The standard InChI is InChI=1S/C15H17N3O2S/c1-3-4-5-6-7-14-16-17-15(2,21-14)12-8-10-13(11-9-12)18(19)20/h3-6,8-11,17H,7H2,1-2H3. The topological polar surface area (TPSA) is 67.5 Å². The Labute approximate surface area is 128 Å². The number of hydrogen-bond donors (Lipinski definition) is 1. The number of nitro groups is 1. The average molecular weight is 303 g/mol. The molecule has 1 atom stereocenters. The van der Waals surface area contributed by atoms with Gasteiger partial charge in [0.2, 0.25) is 0 Å². The molecule has 1 aliphatic rings. The molecule has 0 aromatic heterocycles. The van der Waals surface area contributed by atoms with Crippen LogP contribution in [0.2, 0.25) is 0 Å². The molecule has 0 saturated heterocycles. The highest BCUT2D eigenvalue weighted by Crippen LogP contribution is 2.39. The average Bonchev–Trinajstić information content (AvgIpc) is 2.87. The van der Waals surface area contributed by atoms with Crippen LogP contribution in [-0.2, 0) is 4.87 Å². The number of nitrogens with one attached hydrogen (secondary N) is 1. The Bertz CT molecular complexity index is 608. The van der Waals surface area contributed by atoms with Crippen LogP contribution in [0.5, 0.6) is 0 Å². The Morgan fingerprint density at radius 2 is 2.10 bits per heavy atom. The molecule has 0 fully saturated rings. The fourth-order valence-corrected chi connectivity index (χ4v) is 3.01. The molecular weight excluding hydrogens is 286 g/mol. The zero-order valence-electron chi connectivity index (χ0n) is 11.9. The number of nitrogens with zero attached hydrogens (tertiary/aromatic N) is 2. The lowest BCUT2D eigenvalue weighted by molar-refractivity contribution is -0.384. The van der Waals surface area contributed by atoms with E-state index in [9.17, 15) is 10.1 Å². The predicted molar refractivity (Wildman–Crippen MR) is 87.2 cm³/mol. The fraction of sp³-hybridized carbons (Fsp3) is 0.267. The van der Waals surface area contributed by atoms with Crippen LogP contribution in [0.25, 0.3) is 0 Å². The Morgan fingerprint density at radius 1 is 1.38 bits per heavy atom. The normalized spacial score (nSPS) is 21.7. The van der Waals surface area contributed by atoms with E-state index in [1.807, 2.05) is 32.1 Å². The van der Waals surface area contributed by atoms with Gasteiger partial charge in [0.25, 0.3) is 5.69 Å². The number of rotatable bonds is 5. The molecule has 0 saturated carbocycles. The molecule has 110 valence electrons. The summed E-state index contributed by atoms with van der Waals surface area (Å²) in [6, 6.07) is 6.58. The van der Waals surface area contributed by atoms with Crippen molar-refractivity contribution in [3.63, 3.8) is 0 Å². The van der Waals surface area contributed by atoms with E-state index in [4.69, 9.17) is 0 Å². The van der Waals surface area contributed by atoms with Crippen LogP contribution >= 0.6 is 11.8 Å². The molecule has 1 aromatic rings. The quantitative estimate of drug-likeness (QED) is 0.508. The first-order chi connectivity index (χ1) is 10.0. The van der Waals surface area contributed by atoms with Crippen molar-refractivity contribution in [3.05, 3.63) is 64.2 Å². The molecule has 21 heavy (non-hydrogen) atoms. The Morgan fingerprint density at radius 3 is 2.71 bits per heavy atom. The lowest BCUT2D eigenvalue weighted by Gasteiger charge is -2.22. The summed E-state index contributed by atoms with van der Waals surface area (Å²) in [5.74, 6) is 0. The van der Waals surface area contributed by atoms with Crippen molar-refractivity contribution in [1.82, 2.24) is 5.43 Å². The van der Waals surface area contributed by atoms with Gasteiger partial charge < -0.3 is 0 Å². The van der Waals surface area contributed by atoms with E-state index in [1.165, 1.54) is 12.1 Å². The van der Waals surface area contributed by atoms with Crippen LogP contribution in [0.3, 0.4) is 0 Å². The molecule has 0 spiro atoms. The molecule has 6 heteroatoms. The molecular formula is C15H17N3O2S. The van der Waals surface area contributed by atoms with E-state index in [0.29, 0.717) is 0 Å². The highest BCUT2D eigenvalue weighted by Gasteiger charge is 2.33. The van der Waals surface area contributed by atoms with Crippen molar-refractivity contribution in [3.8, 4) is 0 Å². The Hall–Kier alpha value is -2.08. The number of hydrazone groups is 1. The first kappa shape index (κ1) is 15.3. The molecule has 1 aliphatic heterocycles. The molecule has 1 N–H and O–H groups in total. The van der Waals surface area contributed by atoms with Crippen molar-refractivity contribution in [2.75, 3.05) is 0 Å². The number of hydrogen-bond acceptors (Lipinski definition) is 5. The van der Waals surface area contributed by atoms with E-state index in [1.54, 1.807) is 23.9 Å². The second kappa shape index (κ2) is 6.58. The van der Waals surface area contributed by atoms with E-state index in [0.717, 1.165) is 17.0 Å². The third kappa shape index (κ3) is 3.72. The molecule has 1 unspecified atom stereocenters. The van der Waals surface area contributed by atoms with Gasteiger partial charge in [-0.25, -0.2) is 0 Å². The Balaban J connectivity index is 2.03. The van der Waals surface area contributed by atoms with Crippen molar-refractivity contribution in [2.45, 2.75) is 25.1 Å². The number of benzene rings is 1. The summed E-state index contributed by atoms with van der Waals surface area (Å²) >= 11 is 1.63. The van der Waals surface area contributed by atoms with Crippen molar-refractivity contribution >= 4 is 22.5 Å². The summed E-state index contributed by atoms with van der Waals surface area (Å²) in [5, 5.41) is 16.0. The van der Waals surface area contributed by atoms with E-state index < -0.39 is 4.92 Å². The molecule has 5 nitrogen and oxygen atoms in total. The predicted octanol–water partition coefficient (Wildman–Crippen LogP) is 3.94. The highest BCUT2D eigenvalue weighted by atomic mass is 32.2. The molecule has 0 aliphatic carbocycles. The van der Waals surface area contributed by atoms with Gasteiger partial charge in [0.05, 0.1) is 9.97 Å². The van der Waals surface area contributed by atoms with Crippen LogP contribution in [0.1, 0.15) is 25.8 Å². The number of allylic oxidation sites excluding steroid dienone is 4. The molecule has 0 amide bonds. The first-order valence-electron chi connectivity index (χ1n) is 6.60. The maximum absolute atomic E-state index is 10.7. The summed E-state index contributed by atoms with van der Waals surface area (Å²) in [6.07, 6.45) is 8.76. The van der Waals surface area contributed by atoms with Gasteiger partial charge in [-0.2, -0.15) is 5.10 Å². The summed E-state index contributed by atoms with van der Waals surface area (Å²) in [7, 11) is 0. The number of thioether (sulfide) groups is 1. The fourth-order valence-electron chi connectivity index (χ4n) is 1.92. The van der Waals surface area contributed by atoms with E-state index >= 15 is 0 Å². The van der Waals surface area contributed by atoms with Crippen LogP contribution in [0.4, 0.5) is 5.69 Å². The third-order valence-electron chi connectivity index (χ3n) is 3.08. The Kier molecular flexibility index (Phi) is 4.80. The lowest BCUT2D eigenvalue weighted by Crippen LogP contribution is -2.28. The summed E-state index contributed by atoms with van der Waals surface area (Å²) < 4.78 is 0. The summed E-state index contributed by atoms with van der Waals surface area (Å²) in [4.78, 5) is 9.92. The minimum absolute atomic E-state index is 0.0979. The minimum Gasteiger partial charge on any atom is -0.289 e. The van der Waals surface area contributed by atoms with Crippen molar-refractivity contribution in [1.29, 1.82) is 0 Å². The number of non-ortho nitro benzene ring substituents is 1. The highest BCUT2D eigenvalue weighted by molar-refractivity contribution is 8.14. The second-order valence-corrected chi connectivity index (χ2v) is 6.21. The molecule has 1 aromatic carbocycles. The van der Waals surface area contributed by atoms with Crippen molar-refractivity contribution < 1.29 is 4.92 Å². The van der Waals surface area contributed by atoms with Crippen molar-refractivity contribution in [2.24, 2.45) is 5.10 Å². The zero-order valence-corrected chi connectivity index (χ0v) is 12.8. The van der Waals surface area contributed by atoms with Crippen LogP contribution in [-0.4, -0.2) is 9.97 Å². The van der Waals surface area contributed by atoms with Gasteiger partial charge in [0, 0.05) is 18.6 Å². The monoisotopic (exact) mass is 303 g/mol. The van der Waals surface area contributed by atoms with Crippen LogP contribution in [0, 0.1) is 10.1 Å². The zero-order chi connectivity index (χ0) is 15.3. The maximum Gasteiger partial charge on any atom is 0.269 e. The van der Waals surface area contributed by atoms with Crippen LogP contribution in [0.15, 0.2) is 53.7 Å². The summed E-state index contributed by atoms with van der Waals surface area (Å²) in [6.45, 7) is 3.99. The van der Waals surface area contributed by atoms with Gasteiger partial charge in [0.1, 0.15) is 4.87 Å². The third-order valence-corrected chi connectivity index (χ3v) is 4.31. The largest absolute Gasteiger partial charge is 0.289 e. The second-order valence-electron chi connectivity index (χ2n) is 4.71. The first-order valence-corrected chi connectivity index (χ1v) is 7.42. The molecule has 0 bridgehead atoms. The van der Waals surface area contributed by atoms with Gasteiger partial charge >= 0.3 is 0 Å². The van der Waals surface area contributed by atoms with Crippen LogP contribution < -0.4 is 5.43 Å².